The van der Waals surface area contributed by atoms with Crippen molar-refractivity contribution >= 4 is 6.03 Å². The van der Waals surface area contributed by atoms with Gasteiger partial charge in [0.25, 0.3) is 0 Å². The molecule has 4 aliphatic carbocycles. The number of carbonyl (C=O) groups excluding carboxylic acids is 1. The van der Waals surface area contributed by atoms with Crippen LogP contribution in [0.25, 0.3) is 0 Å². The number of amides is 2. The third kappa shape index (κ3) is 3.00. The van der Waals surface area contributed by atoms with Crippen molar-refractivity contribution in [1.29, 1.82) is 0 Å². The van der Waals surface area contributed by atoms with Crippen molar-refractivity contribution in [3.05, 3.63) is 11.6 Å². The number of allylic oxidation sites excluding steroid dienone is 1. The molecule has 0 unspecified atom stereocenters. The van der Waals surface area contributed by atoms with Crippen LogP contribution < -0.4 is 5.32 Å². The standard InChI is InChI=1S/C28H44N2O4/c1-6-29-23(31)30-18-27(34-24(30,2)3)12-10-22-20-8-7-19-17-28(32-15-16-33-28)14-13-25(19,4)21(20)9-11-26(22,27)5/h7,20-22H,6,8-18H2,1-5H3,(H,29,31)/t20-,21+,22-,25+,26+,27-/m1/s1. The van der Waals surface area contributed by atoms with E-state index in [1.807, 2.05) is 11.8 Å². The van der Waals surface area contributed by atoms with Crippen LogP contribution in [0.5, 0.6) is 0 Å². The molecular formula is C28H44N2O4. The molecule has 0 radical (unpaired) electrons. The number of carbonyl (C=O) groups is 1. The predicted octanol–water partition coefficient (Wildman–Crippen LogP) is 5.23. The van der Waals surface area contributed by atoms with Crippen LogP contribution in [-0.4, -0.2) is 54.3 Å². The fraction of sp³-hybridized carbons (Fsp3) is 0.893. The lowest BCUT2D eigenvalue weighted by Gasteiger charge is -2.59. The van der Waals surface area contributed by atoms with E-state index in [-0.39, 0.29) is 28.2 Å². The maximum absolute atomic E-state index is 12.9. The summed E-state index contributed by atoms with van der Waals surface area (Å²) in [4.78, 5) is 14.9. The summed E-state index contributed by atoms with van der Waals surface area (Å²) in [5.74, 6) is 1.75. The molecule has 2 saturated heterocycles. The molecule has 190 valence electrons. The highest BCUT2D eigenvalue weighted by Crippen LogP contribution is 2.70. The molecule has 6 heteroatoms. The lowest BCUT2D eigenvalue weighted by atomic mass is 9.46. The summed E-state index contributed by atoms with van der Waals surface area (Å²) in [6.45, 7) is 14.0. The van der Waals surface area contributed by atoms with Gasteiger partial charge in [-0.3, -0.25) is 4.90 Å². The molecule has 2 spiro atoms. The number of hydrogen-bond donors (Lipinski definition) is 1. The zero-order chi connectivity index (χ0) is 24.0. The number of fused-ring (bicyclic) bond motifs is 6. The Labute approximate surface area is 205 Å². The maximum atomic E-state index is 12.9. The highest BCUT2D eigenvalue weighted by Gasteiger charge is 2.69. The molecular weight excluding hydrogens is 428 g/mol. The van der Waals surface area contributed by atoms with Crippen LogP contribution in [-0.2, 0) is 14.2 Å². The van der Waals surface area contributed by atoms with E-state index >= 15 is 0 Å². The van der Waals surface area contributed by atoms with Gasteiger partial charge >= 0.3 is 6.03 Å². The highest BCUT2D eigenvalue weighted by molar-refractivity contribution is 5.75. The molecule has 6 nitrogen and oxygen atoms in total. The van der Waals surface area contributed by atoms with E-state index in [4.69, 9.17) is 14.2 Å². The van der Waals surface area contributed by atoms with Gasteiger partial charge in [-0.25, -0.2) is 4.79 Å². The summed E-state index contributed by atoms with van der Waals surface area (Å²) >= 11 is 0. The Kier molecular flexibility index (Phi) is 5.11. The summed E-state index contributed by atoms with van der Waals surface area (Å²) < 4.78 is 19.2. The quantitative estimate of drug-likeness (QED) is 0.531. The lowest BCUT2D eigenvalue weighted by Crippen LogP contribution is -2.56. The summed E-state index contributed by atoms with van der Waals surface area (Å²) in [6, 6.07) is 0.00958. The maximum Gasteiger partial charge on any atom is 0.319 e. The molecule has 3 saturated carbocycles. The molecule has 2 aliphatic heterocycles. The van der Waals surface area contributed by atoms with Crippen molar-refractivity contribution in [3.8, 4) is 0 Å². The monoisotopic (exact) mass is 472 g/mol. The fourth-order valence-electron chi connectivity index (χ4n) is 9.44. The molecule has 6 rings (SSSR count). The Morgan fingerprint density at radius 2 is 1.79 bits per heavy atom. The van der Waals surface area contributed by atoms with Gasteiger partial charge in [0.2, 0.25) is 0 Å². The van der Waals surface area contributed by atoms with Crippen LogP contribution in [0, 0.1) is 28.6 Å². The van der Waals surface area contributed by atoms with E-state index in [0.717, 1.165) is 38.4 Å². The predicted molar refractivity (Wildman–Crippen MR) is 130 cm³/mol. The molecule has 6 atom stereocenters. The van der Waals surface area contributed by atoms with Crippen molar-refractivity contribution in [1.82, 2.24) is 10.2 Å². The van der Waals surface area contributed by atoms with Crippen molar-refractivity contribution < 1.29 is 19.0 Å². The third-order valence-corrected chi connectivity index (χ3v) is 11.3. The van der Waals surface area contributed by atoms with Gasteiger partial charge in [-0.05, 0) is 82.5 Å². The SMILES string of the molecule is CCNC(=O)N1C[C@@]2(CC[C@@H]3[C@@H]4CC=C5CC6(CC[C@]5(C)[C@H]4CC[C@@]32C)OCCO6)OC1(C)C. The van der Waals surface area contributed by atoms with E-state index in [2.05, 4.69) is 39.1 Å². The van der Waals surface area contributed by atoms with Crippen molar-refractivity contribution in [3.63, 3.8) is 0 Å². The fourth-order valence-corrected chi connectivity index (χ4v) is 9.44. The van der Waals surface area contributed by atoms with Gasteiger partial charge in [0.05, 0.1) is 25.4 Å². The minimum atomic E-state index is -0.571. The molecule has 1 N–H and O–H groups in total. The molecule has 0 aromatic heterocycles. The summed E-state index contributed by atoms with van der Waals surface area (Å²) in [5.41, 5.74) is 1.17. The average molecular weight is 473 g/mol. The molecule has 0 bridgehead atoms. The summed E-state index contributed by atoms with van der Waals surface area (Å²) in [7, 11) is 0. The van der Waals surface area contributed by atoms with E-state index in [1.165, 1.54) is 32.1 Å². The summed E-state index contributed by atoms with van der Waals surface area (Å²) in [6.07, 6.45) is 11.6. The van der Waals surface area contributed by atoms with Gasteiger partial charge < -0.3 is 19.5 Å². The average Bonchev–Trinajstić information content (AvgIpc) is 3.44. The highest BCUT2D eigenvalue weighted by atomic mass is 16.7. The van der Waals surface area contributed by atoms with Crippen LogP contribution in [0.4, 0.5) is 4.79 Å². The van der Waals surface area contributed by atoms with Gasteiger partial charge in [0, 0.05) is 24.8 Å². The van der Waals surface area contributed by atoms with Gasteiger partial charge in [0.1, 0.15) is 5.72 Å². The first-order valence-electron chi connectivity index (χ1n) is 13.8. The zero-order valence-corrected chi connectivity index (χ0v) is 21.9. The zero-order valence-electron chi connectivity index (χ0n) is 21.9. The summed E-state index contributed by atoms with van der Waals surface area (Å²) in [5, 5.41) is 3.01. The molecule has 5 fully saturated rings. The second-order valence-electron chi connectivity index (χ2n) is 13.0. The third-order valence-electron chi connectivity index (χ3n) is 11.3. The van der Waals surface area contributed by atoms with Crippen molar-refractivity contribution in [2.24, 2.45) is 28.6 Å². The Bertz CT molecular complexity index is 895. The first kappa shape index (κ1) is 23.3. The van der Waals surface area contributed by atoms with Gasteiger partial charge in [0.15, 0.2) is 5.79 Å². The van der Waals surface area contributed by atoms with E-state index in [1.54, 1.807) is 5.57 Å². The first-order valence-corrected chi connectivity index (χ1v) is 13.8. The first-order chi connectivity index (χ1) is 16.1. The van der Waals surface area contributed by atoms with E-state index < -0.39 is 5.72 Å². The number of rotatable bonds is 1. The second-order valence-corrected chi connectivity index (χ2v) is 13.0. The number of hydrogen-bond acceptors (Lipinski definition) is 4. The smallest absolute Gasteiger partial charge is 0.319 e. The largest absolute Gasteiger partial charge is 0.347 e. The molecule has 0 aromatic carbocycles. The van der Waals surface area contributed by atoms with E-state index in [0.29, 0.717) is 24.9 Å². The Hall–Kier alpha value is -1.11. The van der Waals surface area contributed by atoms with E-state index in [9.17, 15) is 4.79 Å². The number of ether oxygens (including phenoxy) is 3. The number of nitrogens with zero attached hydrogens (tertiary/aromatic N) is 1. The van der Waals surface area contributed by atoms with Gasteiger partial charge in [-0.1, -0.05) is 25.5 Å². The van der Waals surface area contributed by atoms with Crippen molar-refractivity contribution in [2.45, 2.75) is 103 Å². The van der Waals surface area contributed by atoms with Crippen LogP contribution in [0.3, 0.4) is 0 Å². The molecule has 2 heterocycles. The minimum Gasteiger partial charge on any atom is -0.347 e. The molecule has 6 aliphatic rings. The lowest BCUT2D eigenvalue weighted by molar-refractivity contribution is -0.193. The Morgan fingerprint density at radius 3 is 2.53 bits per heavy atom. The molecule has 34 heavy (non-hydrogen) atoms. The Morgan fingerprint density at radius 1 is 1.06 bits per heavy atom. The van der Waals surface area contributed by atoms with Crippen molar-refractivity contribution in [2.75, 3.05) is 26.3 Å². The number of urea groups is 1. The van der Waals surface area contributed by atoms with Crippen LogP contribution >= 0.6 is 0 Å². The van der Waals surface area contributed by atoms with Gasteiger partial charge in [-0.15, -0.1) is 0 Å². The molecule has 0 aromatic rings. The van der Waals surface area contributed by atoms with Crippen LogP contribution in [0.2, 0.25) is 0 Å². The van der Waals surface area contributed by atoms with Gasteiger partial charge in [-0.2, -0.15) is 0 Å². The Balaban J connectivity index is 1.27. The second kappa shape index (κ2) is 7.45. The number of nitrogens with one attached hydrogen (secondary N) is 1. The molecule has 2 amide bonds. The normalized spacial score (nSPS) is 46.2. The topological polar surface area (TPSA) is 60.0 Å². The van der Waals surface area contributed by atoms with Crippen LogP contribution in [0.1, 0.15) is 86.0 Å². The van der Waals surface area contributed by atoms with Crippen LogP contribution in [0.15, 0.2) is 11.6 Å². The minimum absolute atomic E-state index is 0.00958.